The molecule has 0 aromatic heterocycles. The summed E-state index contributed by atoms with van der Waals surface area (Å²) in [4.78, 5) is 0. The Morgan fingerprint density at radius 3 is 1.86 bits per heavy atom. The molecule has 0 radical (unpaired) electrons. The molecule has 262 valence electrons. The van der Waals surface area contributed by atoms with Gasteiger partial charge >= 0.3 is 28.4 Å². The van der Waals surface area contributed by atoms with Crippen LogP contribution in [0, 0.1) is 51.7 Å². The van der Waals surface area contributed by atoms with Gasteiger partial charge in [-0.25, -0.2) is 18.1 Å². The standard InChI is InChI=1S/C29H37.2C6H4Cl.C5H5.CH2.Zr/c1-18-25-22-17-19-13-9-10-14-20(19)24(22)21-15-11-12-16-23(21)29(25,8)28(6,7)27(4,5)26(18,2)3;2*7-6-4-2-1-3-5-6;1-2-4-5-3-1;;/h9-11,13-15,23H,12,16-17H2,1-8H3;2*2-5H;1-3H,4H2;1H2;/q4*-1;;. The predicted molar refractivity (Wildman–Crippen MR) is 214 cm³/mol. The summed E-state index contributed by atoms with van der Waals surface area (Å²) < 4.78 is 3.34. The Labute approximate surface area is 328 Å². The topological polar surface area (TPSA) is 0 Å². The molecular weight excluding hydrogens is 727 g/mol. The zero-order valence-corrected chi connectivity index (χ0v) is 35.2. The summed E-state index contributed by atoms with van der Waals surface area (Å²) in [6.45, 7) is 20.3. The van der Waals surface area contributed by atoms with Crippen LogP contribution >= 0.6 is 23.2 Å². The monoisotopic (exact) mass is 776 g/mol. The summed E-state index contributed by atoms with van der Waals surface area (Å²) in [5, 5.41) is 1.53. The number of benzene rings is 3. The molecule has 3 aromatic carbocycles. The van der Waals surface area contributed by atoms with Crippen molar-refractivity contribution >= 4 is 33.0 Å². The van der Waals surface area contributed by atoms with Crippen LogP contribution in [0.15, 0.2) is 120 Å². The molecule has 0 amide bonds. The minimum atomic E-state index is 0.164. The van der Waals surface area contributed by atoms with Gasteiger partial charge in [-0.3, -0.25) is 6.08 Å². The molecule has 3 aromatic rings. The summed E-state index contributed by atoms with van der Waals surface area (Å²) >= 11 is 12.3. The maximum atomic E-state index is 5.52. The molecule has 0 spiro atoms. The third-order valence-electron chi connectivity index (χ3n) is 12.7. The van der Waals surface area contributed by atoms with Crippen molar-refractivity contribution in [3.8, 4) is 0 Å². The van der Waals surface area contributed by atoms with Gasteiger partial charge in [-0.05, 0) is 40.6 Å². The van der Waals surface area contributed by atoms with E-state index in [0.29, 0.717) is 5.92 Å². The SMILES string of the molecule is C[C-]1C2=C3Cc4ccccc4C3=C3C=CCCC3C2(C)C(C)(C)C(C)(C)C1(C)C.Clc1cc[c-]cc1.Clc1cc[c-]cc1.[C-]1=CC=CC1.[CH2]=[Zr]. The van der Waals surface area contributed by atoms with Crippen LogP contribution in [-0.2, 0) is 30.7 Å². The molecule has 0 N–H and O–H groups in total. The molecule has 5 aliphatic rings. The van der Waals surface area contributed by atoms with E-state index < -0.39 is 0 Å². The fourth-order valence-electron chi connectivity index (χ4n) is 8.64. The van der Waals surface area contributed by atoms with Gasteiger partial charge in [0.2, 0.25) is 0 Å². The summed E-state index contributed by atoms with van der Waals surface area (Å²) in [5.41, 5.74) is 10.3. The zero-order chi connectivity index (χ0) is 36.7. The number of fused-ring (bicyclic) bond motifs is 6. The summed E-state index contributed by atoms with van der Waals surface area (Å²) in [6, 6.07) is 29.2. The van der Waals surface area contributed by atoms with Crippen molar-refractivity contribution in [3.05, 3.63) is 165 Å². The van der Waals surface area contributed by atoms with E-state index in [9.17, 15) is 0 Å². The summed E-state index contributed by atoms with van der Waals surface area (Å²) in [7, 11) is 0. The van der Waals surface area contributed by atoms with Crippen molar-refractivity contribution in [1.29, 1.82) is 0 Å². The van der Waals surface area contributed by atoms with Gasteiger partial charge in [0.05, 0.1) is 0 Å². The molecule has 0 aliphatic heterocycles. The molecule has 8 rings (SSSR count). The Kier molecular flexibility index (Phi) is 13.7. The van der Waals surface area contributed by atoms with E-state index in [2.05, 4.69) is 120 Å². The van der Waals surface area contributed by atoms with Gasteiger partial charge in [-0.1, -0.05) is 123 Å². The third-order valence-corrected chi connectivity index (χ3v) is 13.2. The average Bonchev–Trinajstić information content (AvgIpc) is 3.82. The van der Waals surface area contributed by atoms with Crippen LogP contribution in [0.1, 0.15) is 85.8 Å². The van der Waals surface area contributed by atoms with Crippen LogP contribution in [0.3, 0.4) is 0 Å². The summed E-state index contributed by atoms with van der Waals surface area (Å²) in [6.07, 6.45) is 18.5. The number of hydrogen-bond acceptors (Lipinski definition) is 0. The molecule has 2 unspecified atom stereocenters. The molecule has 5 aliphatic carbocycles. The Morgan fingerprint density at radius 1 is 0.800 bits per heavy atom. The van der Waals surface area contributed by atoms with E-state index in [0.717, 1.165) is 22.9 Å². The average molecular weight is 779 g/mol. The van der Waals surface area contributed by atoms with Gasteiger partial charge < -0.3 is 0 Å². The van der Waals surface area contributed by atoms with Gasteiger partial charge in [0, 0.05) is 0 Å². The number of halogens is 2. The predicted octanol–water partition coefficient (Wildman–Crippen LogP) is 13.5. The van der Waals surface area contributed by atoms with Gasteiger partial charge in [0.25, 0.3) is 0 Å². The Bertz CT molecular complexity index is 1710. The first-order valence-electron chi connectivity index (χ1n) is 17.6. The van der Waals surface area contributed by atoms with Crippen LogP contribution in [0.2, 0.25) is 10.0 Å². The first-order chi connectivity index (χ1) is 23.8. The number of allylic oxidation sites excluding steroid dienone is 10. The van der Waals surface area contributed by atoms with Crippen molar-refractivity contribution in [2.75, 3.05) is 0 Å². The van der Waals surface area contributed by atoms with Gasteiger partial charge in [-0.15, -0.1) is 36.5 Å². The Hall–Kier alpha value is -2.44. The van der Waals surface area contributed by atoms with Crippen molar-refractivity contribution in [1.82, 2.24) is 0 Å². The molecule has 50 heavy (non-hydrogen) atoms. The van der Waals surface area contributed by atoms with E-state index in [1.165, 1.54) is 48.2 Å². The first-order valence-corrected chi connectivity index (χ1v) is 20.1. The number of rotatable bonds is 0. The van der Waals surface area contributed by atoms with Crippen molar-refractivity contribution in [3.63, 3.8) is 0 Å². The fourth-order valence-corrected chi connectivity index (χ4v) is 8.89. The molecule has 1 saturated carbocycles. The molecule has 2 atom stereocenters. The van der Waals surface area contributed by atoms with E-state index >= 15 is 0 Å². The van der Waals surface area contributed by atoms with Crippen LogP contribution in [0.4, 0.5) is 0 Å². The van der Waals surface area contributed by atoms with Crippen molar-refractivity contribution in [2.24, 2.45) is 27.6 Å². The van der Waals surface area contributed by atoms with Gasteiger partial charge in [-0.2, -0.15) is 77.9 Å². The first kappa shape index (κ1) is 40.3. The maximum absolute atomic E-state index is 5.52. The Balaban J connectivity index is 0.000000215. The molecule has 0 saturated heterocycles. The molecule has 1 fully saturated rings. The van der Waals surface area contributed by atoms with Crippen LogP contribution < -0.4 is 0 Å². The minimum absolute atomic E-state index is 0.164. The van der Waals surface area contributed by atoms with Gasteiger partial charge in [0.1, 0.15) is 0 Å². The van der Waals surface area contributed by atoms with Gasteiger partial charge in [0.15, 0.2) is 0 Å². The normalized spacial score (nSPS) is 23.5. The second kappa shape index (κ2) is 16.9. The quantitative estimate of drug-likeness (QED) is 0.199. The second-order valence-corrected chi connectivity index (χ2v) is 16.1. The van der Waals surface area contributed by atoms with Crippen LogP contribution in [-0.4, -0.2) is 4.21 Å². The molecular formula is C47H52Cl2Zr-4. The Morgan fingerprint density at radius 2 is 1.38 bits per heavy atom. The van der Waals surface area contributed by atoms with E-state index in [1.807, 2.05) is 12.2 Å². The molecule has 3 heteroatoms. The zero-order valence-electron chi connectivity index (χ0n) is 31.2. The fraction of sp³-hybridized carbons (Fsp3) is 0.362. The summed E-state index contributed by atoms with van der Waals surface area (Å²) in [5.74, 6) is 2.24. The molecule has 0 nitrogen and oxygen atoms in total. The van der Waals surface area contributed by atoms with E-state index in [4.69, 9.17) is 23.2 Å². The van der Waals surface area contributed by atoms with Crippen LogP contribution in [0.25, 0.3) is 5.57 Å². The second-order valence-electron chi connectivity index (χ2n) is 15.2. The number of hydrogen-bond donors (Lipinski definition) is 0. The van der Waals surface area contributed by atoms with E-state index in [-0.39, 0.29) is 21.7 Å². The third kappa shape index (κ3) is 7.54. The van der Waals surface area contributed by atoms with E-state index in [1.54, 1.807) is 76.7 Å². The van der Waals surface area contributed by atoms with Crippen molar-refractivity contribution < 1.29 is 24.2 Å². The van der Waals surface area contributed by atoms with Crippen molar-refractivity contribution in [2.45, 2.75) is 81.1 Å². The molecule has 0 bridgehead atoms. The van der Waals surface area contributed by atoms with Crippen LogP contribution in [0.5, 0.6) is 0 Å². The molecule has 0 heterocycles.